The molecule has 1 aliphatic rings. The van der Waals surface area contributed by atoms with Crippen LogP contribution in [0, 0.1) is 17.7 Å². The first-order valence-corrected chi connectivity index (χ1v) is 6.08. The molecule has 16 heavy (non-hydrogen) atoms. The van der Waals surface area contributed by atoms with E-state index in [-0.39, 0.29) is 10.9 Å². The molecule has 1 aromatic rings. The van der Waals surface area contributed by atoms with Crippen LogP contribution in [-0.4, -0.2) is 11.2 Å². The number of halogens is 2. The number of rotatable bonds is 4. The molecule has 0 aliphatic heterocycles. The number of aliphatic hydroxyl groups is 1. The van der Waals surface area contributed by atoms with Crippen LogP contribution < -0.4 is 0 Å². The third-order valence-electron chi connectivity index (χ3n) is 3.43. The molecule has 0 aromatic heterocycles. The number of hydrogen-bond acceptors (Lipinski definition) is 1. The van der Waals surface area contributed by atoms with E-state index in [1.807, 2.05) is 0 Å². The van der Waals surface area contributed by atoms with E-state index in [9.17, 15) is 9.50 Å². The van der Waals surface area contributed by atoms with Crippen molar-refractivity contribution in [2.75, 3.05) is 0 Å². The first-order valence-electron chi connectivity index (χ1n) is 5.70. The highest BCUT2D eigenvalue weighted by Crippen LogP contribution is 2.39. The van der Waals surface area contributed by atoms with Gasteiger partial charge in [0, 0.05) is 6.42 Å². The lowest BCUT2D eigenvalue weighted by Gasteiger charge is -2.18. The Hall–Kier alpha value is -0.600. The Morgan fingerprint density at radius 3 is 2.81 bits per heavy atom. The van der Waals surface area contributed by atoms with Gasteiger partial charge in [-0.05, 0) is 36.3 Å². The van der Waals surface area contributed by atoms with Crippen molar-refractivity contribution in [3.05, 3.63) is 34.6 Å². The molecule has 0 spiro atoms. The maximum absolute atomic E-state index is 13.2. The molecule has 0 saturated heterocycles. The van der Waals surface area contributed by atoms with Gasteiger partial charge in [-0.3, -0.25) is 0 Å². The summed E-state index contributed by atoms with van der Waals surface area (Å²) in [5.41, 5.74) is 0.696. The van der Waals surface area contributed by atoms with Crippen molar-refractivity contribution in [2.24, 2.45) is 11.8 Å². The summed E-state index contributed by atoms with van der Waals surface area (Å²) in [6.45, 7) is 2.05. The van der Waals surface area contributed by atoms with Crippen molar-refractivity contribution in [1.82, 2.24) is 0 Å². The van der Waals surface area contributed by atoms with Crippen molar-refractivity contribution in [1.29, 1.82) is 0 Å². The number of benzene rings is 1. The molecule has 1 fully saturated rings. The summed E-state index contributed by atoms with van der Waals surface area (Å²) in [5.74, 6) is 0.507. The standard InChI is InChI=1S/C13H16ClFO/c1-8(9-5-6-9)12(16)7-10-3-2-4-11(15)13(10)14/h2-4,8-9,12,16H,5-7H2,1H3. The minimum atomic E-state index is -0.424. The van der Waals surface area contributed by atoms with Gasteiger partial charge in [-0.1, -0.05) is 30.7 Å². The fourth-order valence-corrected chi connectivity index (χ4v) is 2.26. The Labute approximate surface area is 100 Å². The lowest BCUT2D eigenvalue weighted by Crippen LogP contribution is -2.22. The van der Waals surface area contributed by atoms with E-state index in [1.54, 1.807) is 12.1 Å². The van der Waals surface area contributed by atoms with Gasteiger partial charge in [-0.2, -0.15) is 0 Å². The smallest absolute Gasteiger partial charge is 0.142 e. The zero-order valence-electron chi connectivity index (χ0n) is 9.29. The van der Waals surface area contributed by atoms with Crippen LogP contribution in [0.2, 0.25) is 5.02 Å². The quantitative estimate of drug-likeness (QED) is 0.858. The Morgan fingerprint density at radius 2 is 2.19 bits per heavy atom. The molecule has 1 N–H and O–H groups in total. The SMILES string of the molecule is CC(C(O)Cc1cccc(F)c1Cl)C1CC1. The zero-order chi connectivity index (χ0) is 11.7. The average Bonchev–Trinajstić information content (AvgIpc) is 3.07. The normalized spacial score (nSPS) is 19.5. The maximum atomic E-state index is 13.2. The second-order valence-electron chi connectivity index (χ2n) is 4.68. The molecule has 2 unspecified atom stereocenters. The van der Waals surface area contributed by atoms with E-state index in [4.69, 9.17) is 11.6 Å². The summed E-state index contributed by atoms with van der Waals surface area (Å²) in [6.07, 6.45) is 2.42. The molecule has 1 saturated carbocycles. The zero-order valence-corrected chi connectivity index (χ0v) is 10.0. The highest BCUT2D eigenvalue weighted by atomic mass is 35.5. The Bertz CT molecular complexity index is 376. The van der Waals surface area contributed by atoms with Crippen molar-refractivity contribution in [3.8, 4) is 0 Å². The third kappa shape index (κ3) is 2.55. The molecule has 88 valence electrons. The molecule has 1 aromatic carbocycles. The molecule has 2 atom stereocenters. The lowest BCUT2D eigenvalue weighted by atomic mass is 9.94. The average molecular weight is 243 g/mol. The van der Waals surface area contributed by atoms with Crippen LogP contribution in [0.1, 0.15) is 25.3 Å². The second kappa shape index (κ2) is 4.72. The van der Waals surface area contributed by atoms with E-state index in [0.29, 0.717) is 17.9 Å². The Balaban J connectivity index is 2.05. The molecule has 1 nitrogen and oxygen atoms in total. The summed E-state index contributed by atoms with van der Waals surface area (Å²) >= 11 is 5.85. The van der Waals surface area contributed by atoms with Gasteiger partial charge in [-0.25, -0.2) is 4.39 Å². The fraction of sp³-hybridized carbons (Fsp3) is 0.538. The van der Waals surface area contributed by atoms with Crippen LogP contribution in [0.3, 0.4) is 0 Å². The lowest BCUT2D eigenvalue weighted by molar-refractivity contribution is 0.105. The van der Waals surface area contributed by atoms with E-state index in [1.165, 1.54) is 18.9 Å². The summed E-state index contributed by atoms with van der Waals surface area (Å²) < 4.78 is 13.2. The fourth-order valence-electron chi connectivity index (χ4n) is 2.05. The number of aliphatic hydroxyl groups excluding tert-OH is 1. The molecular weight excluding hydrogens is 227 g/mol. The first-order chi connectivity index (χ1) is 7.59. The summed E-state index contributed by atoms with van der Waals surface area (Å²) in [5, 5.41) is 10.2. The first kappa shape index (κ1) is 11.9. The predicted octanol–water partition coefficient (Wildman–Crippen LogP) is 3.43. The largest absolute Gasteiger partial charge is 0.392 e. The van der Waals surface area contributed by atoms with Gasteiger partial charge in [-0.15, -0.1) is 0 Å². The molecule has 0 radical (unpaired) electrons. The molecule has 0 heterocycles. The topological polar surface area (TPSA) is 20.2 Å². The van der Waals surface area contributed by atoms with Crippen LogP contribution >= 0.6 is 11.6 Å². The van der Waals surface area contributed by atoms with Gasteiger partial charge in [0.15, 0.2) is 0 Å². The third-order valence-corrected chi connectivity index (χ3v) is 3.86. The van der Waals surface area contributed by atoms with Gasteiger partial charge in [0.25, 0.3) is 0 Å². The summed E-state index contributed by atoms with van der Waals surface area (Å²) in [6, 6.07) is 4.74. The molecule has 1 aliphatic carbocycles. The Kier molecular flexibility index (Phi) is 3.50. The highest BCUT2D eigenvalue weighted by Gasteiger charge is 2.32. The summed E-state index contributed by atoms with van der Waals surface area (Å²) in [4.78, 5) is 0. The van der Waals surface area contributed by atoms with Gasteiger partial charge in [0.05, 0.1) is 11.1 Å². The minimum Gasteiger partial charge on any atom is -0.392 e. The van der Waals surface area contributed by atoms with Crippen LogP contribution in [0.15, 0.2) is 18.2 Å². The van der Waals surface area contributed by atoms with Gasteiger partial charge in [0.1, 0.15) is 5.82 Å². The molecule has 3 heteroatoms. The van der Waals surface area contributed by atoms with Crippen LogP contribution in [0.5, 0.6) is 0 Å². The van der Waals surface area contributed by atoms with Crippen LogP contribution in [0.4, 0.5) is 4.39 Å². The monoisotopic (exact) mass is 242 g/mol. The molecule has 2 rings (SSSR count). The van der Waals surface area contributed by atoms with Crippen molar-refractivity contribution < 1.29 is 9.50 Å². The van der Waals surface area contributed by atoms with Gasteiger partial charge < -0.3 is 5.11 Å². The van der Waals surface area contributed by atoms with E-state index >= 15 is 0 Å². The van der Waals surface area contributed by atoms with Crippen LogP contribution in [0.25, 0.3) is 0 Å². The predicted molar refractivity (Wildman–Crippen MR) is 63.0 cm³/mol. The molecular formula is C13H16ClFO. The van der Waals surface area contributed by atoms with E-state index in [2.05, 4.69) is 6.92 Å². The van der Waals surface area contributed by atoms with E-state index < -0.39 is 11.9 Å². The minimum absolute atomic E-state index is 0.143. The van der Waals surface area contributed by atoms with Crippen LogP contribution in [-0.2, 0) is 6.42 Å². The van der Waals surface area contributed by atoms with Crippen molar-refractivity contribution in [3.63, 3.8) is 0 Å². The van der Waals surface area contributed by atoms with Gasteiger partial charge >= 0.3 is 0 Å². The van der Waals surface area contributed by atoms with E-state index in [0.717, 1.165) is 0 Å². The van der Waals surface area contributed by atoms with Gasteiger partial charge in [0.2, 0.25) is 0 Å². The molecule has 0 bridgehead atoms. The summed E-state index contributed by atoms with van der Waals surface area (Å²) in [7, 11) is 0. The van der Waals surface area contributed by atoms with Crippen molar-refractivity contribution in [2.45, 2.75) is 32.3 Å². The maximum Gasteiger partial charge on any atom is 0.142 e. The highest BCUT2D eigenvalue weighted by molar-refractivity contribution is 6.31. The Morgan fingerprint density at radius 1 is 1.50 bits per heavy atom. The number of hydrogen-bond donors (Lipinski definition) is 1. The second-order valence-corrected chi connectivity index (χ2v) is 5.06. The van der Waals surface area contributed by atoms with Crippen molar-refractivity contribution >= 4 is 11.6 Å². The molecule has 0 amide bonds.